The Morgan fingerprint density at radius 1 is 1.33 bits per heavy atom. The van der Waals surface area contributed by atoms with E-state index in [1.54, 1.807) is 0 Å². The van der Waals surface area contributed by atoms with E-state index >= 15 is 0 Å². The van der Waals surface area contributed by atoms with E-state index in [-0.39, 0.29) is 11.9 Å². The van der Waals surface area contributed by atoms with Gasteiger partial charge in [-0.2, -0.15) is 0 Å². The Morgan fingerprint density at radius 2 is 2.10 bits per heavy atom. The van der Waals surface area contributed by atoms with Gasteiger partial charge in [0.2, 0.25) is 5.91 Å². The molecule has 1 saturated carbocycles. The summed E-state index contributed by atoms with van der Waals surface area (Å²) < 4.78 is 6.52. The molecule has 0 spiro atoms. The number of ether oxygens (including phenoxy) is 1. The fourth-order valence-electron chi connectivity index (χ4n) is 2.77. The molecule has 0 bridgehead atoms. The van der Waals surface area contributed by atoms with Crippen LogP contribution in [0.1, 0.15) is 32.1 Å². The van der Waals surface area contributed by atoms with E-state index in [4.69, 9.17) is 10.5 Å². The smallest absolute Gasteiger partial charge is 0.223 e. The molecule has 4 nitrogen and oxygen atoms in total. The topological polar surface area (TPSA) is 64.3 Å². The zero-order valence-electron chi connectivity index (χ0n) is 12.2. The first-order valence-corrected chi connectivity index (χ1v) is 8.36. The number of nitrogens with one attached hydrogen (secondary N) is 1. The molecule has 0 aromatic heterocycles. The number of nitrogens with two attached hydrogens (primary N) is 1. The Labute approximate surface area is 134 Å². The number of amides is 1. The van der Waals surface area contributed by atoms with Crippen LogP contribution >= 0.6 is 15.9 Å². The van der Waals surface area contributed by atoms with Crippen LogP contribution in [0.2, 0.25) is 0 Å². The van der Waals surface area contributed by atoms with Crippen molar-refractivity contribution in [2.45, 2.75) is 38.1 Å². The Kier molecular flexibility index (Phi) is 6.51. The summed E-state index contributed by atoms with van der Waals surface area (Å²) in [5, 5.41) is 3.11. The highest BCUT2D eigenvalue weighted by molar-refractivity contribution is 9.10. The Balaban J connectivity index is 1.73. The molecule has 2 rings (SSSR count). The zero-order valence-corrected chi connectivity index (χ0v) is 13.8. The predicted octanol–water partition coefficient (Wildman–Crippen LogP) is 2.85. The molecule has 0 radical (unpaired) electrons. The lowest BCUT2D eigenvalue weighted by Crippen LogP contribution is -2.45. The van der Waals surface area contributed by atoms with Crippen molar-refractivity contribution in [3.8, 4) is 5.75 Å². The lowest BCUT2D eigenvalue weighted by atomic mass is 9.84. The van der Waals surface area contributed by atoms with E-state index in [9.17, 15) is 4.79 Å². The van der Waals surface area contributed by atoms with E-state index in [1.165, 1.54) is 12.8 Å². The van der Waals surface area contributed by atoms with Gasteiger partial charge in [0.1, 0.15) is 5.75 Å². The van der Waals surface area contributed by atoms with E-state index in [2.05, 4.69) is 21.2 Å². The molecule has 1 aliphatic carbocycles. The predicted molar refractivity (Wildman–Crippen MR) is 87.2 cm³/mol. The Hall–Kier alpha value is -1.07. The second kappa shape index (κ2) is 8.39. The molecule has 1 fully saturated rings. The van der Waals surface area contributed by atoms with Crippen LogP contribution in [0.3, 0.4) is 0 Å². The molecule has 3 N–H and O–H groups in total. The van der Waals surface area contributed by atoms with Gasteiger partial charge in [-0.05, 0) is 53.4 Å². The highest BCUT2D eigenvalue weighted by atomic mass is 79.9. The van der Waals surface area contributed by atoms with Gasteiger partial charge in [-0.25, -0.2) is 0 Å². The summed E-state index contributed by atoms with van der Waals surface area (Å²) in [6.07, 6.45) is 4.93. The van der Waals surface area contributed by atoms with Gasteiger partial charge >= 0.3 is 0 Å². The van der Waals surface area contributed by atoms with Crippen LogP contribution in [-0.2, 0) is 4.79 Å². The number of hydrogen-bond acceptors (Lipinski definition) is 3. The maximum Gasteiger partial charge on any atom is 0.223 e. The van der Waals surface area contributed by atoms with Gasteiger partial charge < -0.3 is 15.8 Å². The summed E-state index contributed by atoms with van der Waals surface area (Å²) in [4.78, 5) is 12.0. The van der Waals surface area contributed by atoms with Crippen molar-refractivity contribution >= 4 is 21.8 Å². The quantitative estimate of drug-likeness (QED) is 0.825. The van der Waals surface area contributed by atoms with Crippen LogP contribution in [0.5, 0.6) is 5.75 Å². The first-order valence-electron chi connectivity index (χ1n) is 7.57. The van der Waals surface area contributed by atoms with Crippen molar-refractivity contribution in [1.82, 2.24) is 5.32 Å². The molecular formula is C16H23BrN2O2. The minimum absolute atomic E-state index is 0.0485. The summed E-state index contributed by atoms with van der Waals surface area (Å²) in [6, 6.07) is 7.88. The largest absolute Gasteiger partial charge is 0.492 e. The average molecular weight is 355 g/mol. The molecule has 21 heavy (non-hydrogen) atoms. The second-order valence-corrected chi connectivity index (χ2v) is 6.34. The first kappa shape index (κ1) is 16.3. The Bertz CT molecular complexity index is 467. The summed E-state index contributed by atoms with van der Waals surface area (Å²) in [6.45, 7) is 1.03. The molecule has 116 valence electrons. The van der Waals surface area contributed by atoms with Crippen LogP contribution in [0.15, 0.2) is 28.7 Å². The van der Waals surface area contributed by atoms with Crippen molar-refractivity contribution in [1.29, 1.82) is 0 Å². The van der Waals surface area contributed by atoms with Gasteiger partial charge in [0.15, 0.2) is 0 Å². The van der Waals surface area contributed by atoms with Crippen molar-refractivity contribution in [3.63, 3.8) is 0 Å². The highest BCUT2D eigenvalue weighted by Gasteiger charge is 2.25. The zero-order chi connectivity index (χ0) is 15.1. The number of para-hydroxylation sites is 1. The van der Waals surface area contributed by atoms with Crippen molar-refractivity contribution in [3.05, 3.63) is 28.7 Å². The van der Waals surface area contributed by atoms with Gasteiger partial charge in [0, 0.05) is 6.04 Å². The maximum atomic E-state index is 12.0. The number of benzene rings is 1. The second-order valence-electron chi connectivity index (χ2n) is 5.48. The molecule has 2 atom stereocenters. The number of carbonyl (C=O) groups excluding carboxylic acids is 1. The van der Waals surface area contributed by atoms with Crippen LogP contribution < -0.4 is 15.8 Å². The summed E-state index contributed by atoms with van der Waals surface area (Å²) in [5.41, 5.74) is 5.78. The molecule has 0 saturated heterocycles. The number of carbonyl (C=O) groups is 1. The molecule has 1 aliphatic rings. The third-order valence-corrected chi connectivity index (χ3v) is 4.64. The summed E-state index contributed by atoms with van der Waals surface area (Å²) in [5.74, 6) is 1.24. The van der Waals surface area contributed by atoms with E-state index < -0.39 is 0 Å². The summed E-state index contributed by atoms with van der Waals surface area (Å²) >= 11 is 3.42. The van der Waals surface area contributed by atoms with E-state index in [1.807, 2.05) is 24.3 Å². The highest BCUT2D eigenvalue weighted by Crippen LogP contribution is 2.24. The summed E-state index contributed by atoms with van der Waals surface area (Å²) in [7, 11) is 0. The van der Waals surface area contributed by atoms with Crippen LogP contribution in [0.25, 0.3) is 0 Å². The average Bonchev–Trinajstić information content (AvgIpc) is 2.50. The van der Waals surface area contributed by atoms with Gasteiger partial charge in [-0.15, -0.1) is 0 Å². The van der Waals surface area contributed by atoms with Crippen LogP contribution in [0.4, 0.5) is 0 Å². The SMILES string of the molecule is NCC1CCCCC1NC(=O)CCOc1ccccc1Br. The monoisotopic (exact) mass is 354 g/mol. The lowest BCUT2D eigenvalue weighted by Gasteiger charge is -2.31. The van der Waals surface area contributed by atoms with E-state index in [0.717, 1.165) is 23.1 Å². The molecular weight excluding hydrogens is 332 g/mol. The first-order chi connectivity index (χ1) is 10.2. The number of halogens is 1. The number of hydrogen-bond donors (Lipinski definition) is 2. The molecule has 0 heterocycles. The third-order valence-electron chi connectivity index (χ3n) is 3.98. The van der Waals surface area contributed by atoms with Gasteiger partial charge in [0.25, 0.3) is 0 Å². The molecule has 2 unspecified atom stereocenters. The molecule has 5 heteroatoms. The minimum atomic E-state index is 0.0485. The number of rotatable bonds is 6. The normalized spacial score (nSPS) is 21.8. The molecule has 1 aromatic rings. The van der Waals surface area contributed by atoms with Crippen LogP contribution in [-0.4, -0.2) is 25.1 Å². The molecule has 1 aromatic carbocycles. The van der Waals surface area contributed by atoms with Crippen molar-refractivity contribution in [2.24, 2.45) is 11.7 Å². The standard InChI is InChI=1S/C16H23BrN2O2/c17-13-6-2-4-8-15(13)21-10-9-16(20)19-14-7-3-1-5-12(14)11-18/h2,4,6,8,12,14H,1,3,5,7,9-11,18H2,(H,19,20). The Morgan fingerprint density at radius 3 is 2.86 bits per heavy atom. The van der Waals surface area contributed by atoms with Gasteiger partial charge in [-0.1, -0.05) is 25.0 Å². The fraction of sp³-hybridized carbons (Fsp3) is 0.562. The molecule has 0 aliphatic heterocycles. The minimum Gasteiger partial charge on any atom is -0.492 e. The lowest BCUT2D eigenvalue weighted by molar-refractivity contribution is -0.122. The maximum absolute atomic E-state index is 12.0. The van der Waals surface area contributed by atoms with Gasteiger partial charge in [-0.3, -0.25) is 4.79 Å². The van der Waals surface area contributed by atoms with Gasteiger partial charge in [0.05, 0.1) is 17.5 Å². The van der Waals surface area contributed by atoms with Crippen molar-refractivity contribution < 1.29 is 9.53 Å². The molecule has 1 amide bonds. The van der Waals surface area contributed by atoms with Crippen LogP contribution in [0, 0.1) is 5.92 Å². The third kappa shape index (κ3) is 5.00. The van der Waals surface area contributed by atoms with E-state index in [0.29, 0.717) is 25.5 Å². The fourth-order valence-corrected chi connectivity index (χ4v) is 3.17. The van der Waals surface area contributed by atoms with Crippen molar-refractivity contribution in [2.75, 3.05) is 13.2 Å².